The van der Waals surface area contributed by atoms with E-state index in [0.717, 1.165) is 16.3 Å². The Hall–Kier alpha value is -1.77. The van der Waals surface area contributed by atoms with Crippen LogP contribution in [0, 0.1) is 6.92 Å². The molecule has 0 saturated carbocycles. The zero-order valence-electron chi connectivity index (χ0n) is 16.4. The predicted octanol–water partition coefficient (Wildman–Crippen LogP) is 3.33. The molecule has 1 amide bonds. The van der Waals surface area contributed by atoms with Gasteiger partial charge in [-0.1, -0.05) is 38.1 Å². The molecular weight excluding hydrogens is 382 g/mol. The summed E-state index contributed by atoms with van der Waals surface area (Å²) >= 11 is 1.43. The molecule has 6 nitrogen and oxygen atoms in total. The van der Waals surface area contributed by atoms with Crippen LogP contribution in [0.3, 0.4) is 0 Å². The van der Waals surface area contributed by atoms with Gasteiger partial charge < -0.3 is 5.32 Å². The highest BCUT2D eigenvalue weighted by Crippen LogP contribution is 2.24. The largest absolute Gasteiger partial charge is 0.347 e. The first-order valence-electron chi connectivity index (χ1n) is 8.90. The highest BCUT2D eigenvalue weighted by Gasteiger charge is 2.17. The fourth-order valence-corrected chi connectivity index (χ4v) is 4.93. The summed E-state index contributed by atoms with van der Waals surface area (Å²) in [6.45, 7) is 9.91. The topological polar surface area (TPSA) is 88.2 Å². The molecule has 0 saturated heterocycles. The molecule has 0 atom stereocenters. The number of thiazole rings is 1. The van der Waals surface area contributed by atoms with Crippen molar-refractivity contribution in [3.05, 3.63) is 51.0 Å². The molecule has 148 valence electrons. The number of benzene rings is 1. The van der Waals surface area contributed by atoms with Crippen LogP contribution in [0.2, 0.25) is 0 Å². The number of carbonyl (C=O) groups excluding carboxylic acids is 1. The Morgan fingerprint density at radius 1 is 1.11 bits per heavy atom. The summed E-state index contributed by atoms with van der Waals surface area (Å²) < 4.78 is 26.5. The summed E-state index contributed by atoms with van der Waals surface area (Å²) in [5.41, 5.74) is 2.37. The van der Waals surface area contributed by atoms with Crippen molar-refractivity contribution in [2.45, 2.75) is 58.9 Å². The Morgan fingerprint density at radius 2 is 1.70 bits per heavy atom. The second-order valence-electron chi connectivity index (χ2n) is 7.15. The highest BCUT2D eigenvalue weighted by molar-refractivity contribution is 7.88. The van der Waals surface area contributed by atoms with Crippen molar-refractivity contribution in [3.8, 4) is 0 Å². The number of sulfonamides is 1. The molecule has 0 fully saturated rings. The van der Waals surface area contributed by atoms with Crippen molar-refractivity contribution < 1.29 is 13.2 Å². The van der Waals surface area contributed by atoms with E-state index >= 15 is 0 Å². The molecule has 1 heterocycles. The van der Waals surface area contributed by atoms with E-state index in [2.05, 4.69) is 28.9 Å². The van der Waals surface area contributed by atoms with E-state index in [1.54, 1.807) is 26.0 Å². The number of rotatable bonds is 8. The Morgan fingerprint density at radius 3 is 2.22 bits per heavy atom. The standard InChI is InChI=1S/C19H27N3O3S2/c1-12(2)19-21-14(5)17(26-19)18(23)20-10-15-6-8-16(9-7-15)11-27(24,25)22-13(3)4/h6-9,12-13,22H,10-11H2,1-5H3,(H,20,23). The lowest BCUT2D eigenvalue weighted by molar-refractivity contribution is 0.0954. The van der Waals surface area contributed by atoms with Gasteiger partial charge >= 0.3 is 0 Å². The van der Waals surface area contributed by atoms with Gasteiger partial charge in [0.1, 0.15) is 4.88 Å². The molecule has 2 rings (SSSR count). The molecule has 27 heavy (non-hydrogen) atoms. The zero-order chi connectivity index (χ0) is 20.2. The molecular formula is C19H27N3O3S2. The van der Waals surface area contributed by atoms with Crippen LogP contribution >= 0.6 is 11.3 Å². The maximum absolute atomic E-state index is 12.4. The summed E-state index contributed by atoms with van der Waals surface area (Å²) in [7, 11) is -3.34. The minimum atomic E-state index is -3.34. The number of nitrogens with zero attached hydrogens (tertiary/aromatic N) is 1. The van der Waals surface area contributed by atoms with Crippen LogP contribution in [-0.4, -0.2) is 25.4 Å². The number of hydrogen-bond donors (Lipinski definition) is 2. The third-order valence-electron chi connectivity index (χ3n) is 3.76. The van der Waals surface area contributed by atoms with E-state index in [1.807, 2.05) is 19.1 Å². The van der Waals surface area contributed by atoms with Crippen LogP contribution < -0.4 is 10.0 Å². The minimum Gasteiger partial charge on any atom is -0.347 e. The quantitative estimate of drug-likeness (QED) is 0.700. The summed E-state index contributed by atoms with van der Waals surface area (Å²) in [5, 5.41) is 3.86. The Labute approximate surface area is 165 Å². The van der Waals surface area contributed by atoms with Gasteiger partial charge in [-0.2, -0.15) is 0 Å². The molecule has 0 aliphatic rings. The number of hydrogen-bond acceptors (Lipinski definition) is 5. The number of carbonyl (C=O) groups is 1. The second-order valence-corrected chi connectivity index (χ2v) is 9.94. The van der Waals surface area contributed by atoms with Crippen LogP contribution in [0.4, 0.5) is 0 Å². The number of amides is 1. The number of aromatic nitrogens is 1. The van der Waals surface area contributed by atoms with E-state index in [0.29, 0.717) is 22.9 Å². The third-order valence-corrected chi connectivity index (χ3v) is 6.76. The van der Waals surface area contributed by atoms with Crippen LogP contribution in [0.15, 0.2) is 24.3 Å². The molecule has 2 aromatic rings. The van der Waals surface area contributed by atoms with Gasteiger partial charge in [-0.15, -0.1) is 11.3 Å². The van der Waals surface area contributed by atoms with Crippen molar-refractivity contribution >= 4 is 27.3 Å². The van der Waals surface area contributed by atoms with E-state index in [9.17, 15) is 13.2 Å². The first-order valence-corrected chi connectivity index (χ1v) is 11.4. The SMILES string of the molecule is Cc1nc(C(C)C)sc1C(=O)NCc1ccc(CS(=O)(=O)NC(C)C)cc1. The van der Waals surface area contributed by atoms with Gasteiger partial charge in [-0.05, 0) is 31.9 Å². The van der Waals surface area contributed by atoms with Gasteiger partial charge in [0, 0.05) is 18.5 Å². The van der Waals surface area contributed by atoms with Crippen LogP contribution in [0.25, 0.3) is 0 Å². The van der Waals surface area contributed by atoms with Gasteiger partial charge in [0.2, 0.25) is 10.0 Å². The lowest BCUT2D eigenvalue weighted by Gasteiger charge is -2.10. The van der Waals surface area contributed by atoms with Crippen LogP contribution in [-0.2, 0) is 22.3 Å². The molecule has 0 unspecified atom stereocenters. The summed E-state index contributed by atoms with van der Waals surface area (Å²) in [6.07, 6.45) is 0. The molecule has 0 aliphatic heterocycles. The molecule has 1 aromatic carbocycles. The van der Waals surface area contributed by atoms with Gasteiger partial charge in [0.05, 0.1) is 16.5 Å². The Balaban J connectivity index is 1.96. The Kier molecular flexibility index (Phi) is 7.13. The molecule has 0 spiro atoms. The van der Waals surface area contributed by atoms with E-state index in [4.69, 9.17) is 0 Å². The second kappa shape index (κ2) is 8.95. The predicted molar refractivity (Wildman–Crippen MR) is 109 cm³/mol. The Bertz CT molecular complexity index is 885. The van der Waals surface area contributed by atoms with E-state index < -0.39 is 10.0 Å². The highest BCUT2D eigenvalue weighted by atomic mass is 32.2. The summed E-state index contributed by atoms with van der Waals surface area (Å²) in [4.78, 5) is 17.5. The maximum Gasteiger partial charge on any atom is 0.263 e. The van der Waals surface area contributed by atoms with Crippen molar-refractivity contribution in [2.75, 3.05) is 0 Å². The fourth-order valence-electron chi connectivity index (χ4n) is 2.51. The lowest BCUT2D eigenvalue weighted by Crippen LogP contribution is -2.31. The lowest BCUT2D eigenvalue weighted by atomic mass is 10.1. The fraction of sp³-hybridized carbons (Fsp3) is 0.474. The van der Waals surface area contributed by atoms with Crippen molar-refractivity contribution in [3.63, 3.8) is 0 Å². The van der Waals surface area contributed by atoms with Crippen LogP contribution in [0.5, 0.6) is 0 Å². The van der Waals surface area contributed by atoms with Gasteiger partial charge in [0.15, 0.2) is 0 Å². The average Bonchev–Trinajstić information content (AvgIpc) is 2.94. The molecule has 0 bridgehead atoms. The number of aryl methyl sites for hydroxylation is 1. The molecule has 0 aliphatic carbocycles. The van der Waals surface area contributed by atoms with Gasteiger partial charge in [-0.3, -0.25) is 4.79 Å². The first-order chi connectivity index (χ1) is 12.6. The monoisotopic (exact) mass is 409 g/mol. The van der Waals surface area contributed by atoms with E-state index in [-0.39, 0.29) is 17.7 Å². The van der Waals surface area contributed by atoms with Gasteiger partial charge in [-0.25, -0.2) is 18.1 Å². The van der Waals surface area contributed by atoms with E-state index in [1.165, 1.54) is 11.3 Å². The molecule has 2 N–H and O–H groups in total. The number of nitrogens with one attached hydrogen (secondary N) is 2. The molecule has 1 aromatic heterocycles. The summed E-state index contributed by atoms with van der Waals surface area (Å²) in [5.74, 6) is 0.101. The average molecular weight is 410 g/mol. The van der Waals surface area contributed by atoms with Crippen LogP contribution in [0.1, 0.15) is 65.1 Å². The molecule has 8 heteroatoms. The molecule has 0 radical (unpaired) electrons. The normalized spacial score (nSPS) is 12.0. The summed E-state index contributed by atoms with van der Waals surface area (Å²) in [6, 6.07) is 7.08. The minimum absolute atomic E-state index is 0.0597. The smallest absolute Gasteiger partial charge is 0.263 e. The van der Waals surface area contributed by atoms with Crippen molar-refractivity contribution in [2.24, 2.45) is 0 Å². The van der Waals surface area contributed by atoms with Crippen molar-refractivity contribution in [1.29, 1.82) is 0 Å². The maximum atomic E-state index is 12.4. The zero-order valence-corrected chi connectivity index (χ0v) is 18.0. The van der Waals surface area contributed by atoms with Gasteiger partial charge in [0.25, 0.3) is 5.91 Å². The first kappa shape index (κ1) is 21.5. The van der Waals surface area contributed by atoms with Crippen molar-refractivity contribution in [1.82, 2.24) is 15.0 Å². The third kappa shape index (κ3) is 6.41.